The number of para-hydroxylation sites is 1. The number of nitrogens with two attached hydrogens (primary N) is 1. The summed E-state index contributed by atoms with van der Waals surface area (Å²) in [5.74, 6) is 0. The van der Waals surface area contributed by atoms with E-state index < -0.39 is 15.1 Å². The van der Waals surface area contributed by atoms with E-state index in [2.05, 4.69) is 0 Å². The summed E-state index contributed by atoms with van der Waals surface area (Å²) >= 11 is 0. The van der Waals surface area contributed by atoms with Crippen molar-refractivity contribution in [3.63, 3.8) is 0 Å². The van der Waals surface area contributed by atoms with E-state index >= 15 is 0 Å². The molecule has 0 fully saturated rings. The third-order valence-corrected chi connectivity index (χ3v) is 5.94. The van der Waals surface area contributed by atoms with Crippen LogP contribution in [-0.2, 0) is 9.84 Å². The highest BCUT2D eigenvalue weighted by Gasteiger charge is 2.40. The van der Waals surface area contributed by atoms with Crippen molar-refractivity contribution in [1.29, 1.82) is 0 Å². The zero-order valence-electron chi connectivity index (χ0n) is 10.1. The predicted molar refractivity (Wildman–Crippen MR) is 69.0 cm³/mol. The van der Waals surface area contributed by atoms with Gasteiger partial charge in [-0.2, -0.15) is 0 Å². The Labute approximate surface area is 102 Å². The normalized spacial score (nSPS) is 26.6. The quantitative estimate of drug-likeness (QED) is 0.855. The minimum Gasteiger partial charge on any atom is -0.370 e. The Bertz CT molecular complexity index is 513. The average Bonchev–Trinajstić information content (AvgIpc) is 2.32. The molecule has 2 N–H and O–H groups in total. The molecule has 0 spiro atoms. The molecule has 1 aliphatic heterocycles. The van der Waals surface area contributed by atoms with Crippen LogP contribution >= 0.6 is 0 Å². The molecule has 4 nitrogen and oxygen atoms in total. The number of benzene rings is 1. The first-order valence-corrected chi connectivity index (χ1v) is 7.30. The monoisotopic (exact) mass is 254 g/mol. The second-order valence-electron chi connectivity index (χ2n) is 4.48. The molecule has 2 rings (SSSR count). The Morgan fingerprint density at radius 3 is 2.65 bits per heavy atom. The summed E-state index contributed by atoms with van der Waals surface area (Å²) < 4.78 is 24.9. The van der Waals surface area contributed by atoms with E-state index in [0.717, 1.165) is 5.69 Å². The van der Waals surface area contributed by atoms with Crippen LogP contribution in [0, 0.1) is 0 Å². The van der Waals surface area contributed by atoms with Gasteiger partial charge in [-0.05, 0) is 32.0 Å². The number of rotatable bonds is 2. The molecule has 1 aliphatic rings. The summed E-state index contributed by atoms with van der Waals surface area (Å²) in [5, 5.41) is -0.410. The average molecular weight is 254 g/mol. The van der Waals surface area contributed by atoms with Crippen LogP contribution in [0.5, 0.6) is 0 Å². The third kappa shape index (κ3) is 1.83. The van der Waals surface area contributed by atoms with Crippen molar-refractivity contribution in [2.45, 2.75) is 29.5 Å². The van der Waals surface area contributed by atoms with Gasteiger partial charge >= 0.3 is 0 Å². The zero-order chi connectivity index (χ0) is 12.6. The van der Waals surface area contributed by atoms with Gasteiger partial charge in [0, 0.05) is 13.1 Å². The highest BCUT2D eigenvalue weighted by molar-refractivity contribution is 7.92. The van der Waals surface area contributed by atoms with Crippen LogP contribution < -0.4 is 10.6 Å². The summed E-state index contributed by atoms with van der Waals surface area (Å²) in [6, 6.07) is 7.11. The molecule has 17 heavy (non-hydrogen) atoms. The molecule has 0 aliphatic carbocycles. The van der Waals surface area contributed by atoms with Crippen molar-refractivity contribution in [2.75, 3.05) is 18.5 Å². The molecular weight excluding hydrogens is 236 g/mol. The highest BCUT2D eigenvalue weighted by atomic mass is 32.2. The number of fused-ring (bicyclic) bond motifs is 1. The van der Waals surface area contributed by atoms with Crippen molar-refractivity contribution in [3.05, 3.63) is 24.3 Å². The molecule has 0 radical (unpaired) electrons. The number of hydrogen-bond donors (Lipinski definition) is 1. The van der Waals surface area contributed by atoms with Gasteiger partial charge in [0.1, 0.15) is 0 Å². The SMILES string of the molecule is CC1C(CCN)S(=O)(=O)c2ccccc2N1C. The highest BCUT2D eigenvalue weighted by Crippen LogP contribution is 2.36. The molecule has 1 heterocycles. The molecular formula is C12H18N2O2S. The van der Waals surface area contributed by atoms with E-state index in [1.807, 2.05) is 31.0 Å². The Balaban J connectivity index is 2.60. The van der Waals surface area contributed by atoms with Gasteiger partial charge in [-0.15, -0.1) is 0 Å². The second-order valence-corrected chi connectivity index (χ2v) is 6.62. The van der Waals surface area contributed by atoms with Gasteiger partial charge < -0.3 is 10.6 Å². The summed E-state index contributed by atoms with van der Waals surface area (Å²) in [6.07, 6.45) is 0.502. The maximum Gasteiger partial charge on any atom is 0.185 e. The van der Waals surface area contributed by atoms with E-state index in [1.54, 1.807) is 12.1 Å². The van der Waals surface area contributed by atoms with Crippen molar-refractivity contribution in [3.8, 4) is 0 Å². The first kappa shape index (κ1) is 12.4. The second kappa shape index (κ2) is 4.31. The molecule has 2 unspecified atom stereocenters. The van der Waals surface area contributed by atoms with Gasteiger partial charge in [0.25, 0.3) is 0 Å². The van der Waals surface area contributed by atoms with Crippen molar-refractivity contribution in [2.24, 2.45) is 5.73 Å². The number of nitrogens with zero attached hydrogens (tertiary/aromatic N) is 1. The van der Waals surface area contributed by atoms with Gasteiger partial charge in [-0.25, -0.2) is 8.42 Å². The lowest BCUT2D eigenvalue weighted by molar-refractivity contribution is 0.524. The van der Waals surface area contributed by atoms with E-state index in [1.165, 1.54) is 0 Å². The maximum absolute atomic E-state index is 12.5. The van der Waals surface area contributed by atoms with Crippen LogP contribution in [-0.4, -0.2) is 33.3 Å². The first-order valence-electron chi connectivity index (χ1n) is 5.76. The van der Waals surface area contributed by atoms with E-state index in [4.69, 9.17) is 5.73 Å². The van der Waals surface area contributed by atoms with Gasteiger partial charge in [-0.3, -0.25) is 0 Å². The Morgan fingerprint density at radius 2 is 2.00 bits per heavy atom. The van der Waals surface area contributed by atoms with E-state index in [0.29, 0.717) is 17.9 Å². The molecule has 0 saturated carbocycles. The molecule has 94 valence electrons. The van der Waals surface area contributed by atoms with Crippen LogP contribution in [0.25, 0.3) is 0 Å². The fourth-order valence-corrected chi connectivity index (χ4v) is 4.69. The van der Waals surface area contributed by atoms with Crippen molar-refractivity contribution >= 4 is 15.5 Å². The Hall–Kier alpha value is -1.07. The smallest absolute Gasteiger partial charge is 0.185 e. The minimum atomic E-state index is -3.25. The van der Waals surface area contributed by atoms with Crippen LogP contribution in [0.1, 0.15) is 13.3 Å². The van der Waals surface area contributed by atoms with Crippen LogP contribution in [0.4, 0.5) is 5.69 Å². The lowest BCUT2D eigenvalue weighted by atomic mass is 10.1. The molecule has 0 bridgehead atoms. The van der Waals surface area contributed by atoms with Crippen molar-refractivity contribution < 1.29 is 8.42 Å². The standard InChI is InChI=1S/C12H18N2O2S/c1-9-11(7-8-13)17(15,16)12-6-4-3-5-10(12)14(9)2/h3-6,9,11H,7-8,13H2,1-2H3. The van der Waals surface area contributed by atoms with Gasteiger partial charge in [0.2, 0.25) is 0 Å². The first-order chi connectivity index (χ1) is 8.00. The fourth-order valence-electron chi connectivity index (χ4n) is 2.44. The zero-order valence-corrected chi connectivity index (χ0v) is 10.9. The van der Waals surface area contributed by atoms with Gasteiger partial charge in [0.05, 0.1) is 15.8 Å². The molecule has 0 amide bonds. The van der Waals surface area contributed by atoms with Crippen molar-refractivity contribution in [1.82, 2.24) is 0 Å². The Kier molecular flexibility index (Phi) is 3.14. The predicted octanol–water partition coefficient (Wildman–Crippen LogP) is 1.02. The number of hydrogen-bond acceptors (Lipinski definition) is 4. The van der Waals surface area contributed by atoms with Gasteiger partial charge in [-0.1, -0.05) is 12.1 Å². The molecule has 0 saturated heterocycles. The summed E-state index contributed by atoms with van der Waals surface area (Å²) in [5.41, 5.74) is 6.31. The molecule has 5 heteroatoms. The largest absolute Gasteiger partial charge is 0.370 e. The summed E-state index contributed by atoms with van der Waals surface area (Å²) in [4.78, 5) is 2.45. The van der Waals surface area contributed by atoms with Gasteiger partial charge in [0.15, 0.2) is 9.84 Å². The lowest BCUT2D eigenvalue weighted by Crippen LogP contribution is -2.48. The summed E-state index contributed by atoms with van der Waals surface area (Å²) in [7, 11) is -1.32. The molecule has 0 aromatic heterocycles. The molecule has 1 aromatic rings. The molecule has 1 aromatic carbocycles. The lowest BCUT2D eigenvalue weighted by Gasteiger charge is -2.39. The van der Waals surface area contributed by atoms with Crippen LogP contribution in [0.15, 0.2) is 29.2 Å². The third-order valence-electron chi connectivity index (χ3n) is 3.55. The van der Waals surface area contributed by atoms with E-state index in [-0.39, 0.29) is 6.04 Å². The fraction of sp³-hybridized carbons (Fsp3) is 0.500. The molecule has 2 atom stereocenters. The summed E-state index contributed by atoms with van der Waals surface area (Å²) in [6.45, 7) is 2.33. The van der Waals surface area contributed by atoms with Crippen LogP contribution in [0.3, 0.4) is 0 Å². The maximum atomic E-state index is 12.5. The van der Waals surface area contributed by atoms with Crippen LogP contribution in [0.2, 0.25) is 0 Å². The number of anilines is 1. The Morgan fingerprint density at radius 1 is 1.35 bits per heavy atom. The minimum absolute atomic E-state index is 0.0431. The number of sulfone groups is 1. The van der Waals surface area contributed by atoms with E-state index in [9.17, 15) is 8.42 Å². The topological polar surface area (TPSA) is 63.4 Å².